The molecule has 0 aliphatic carbocycles. The maximum Gasteiger partial charge on any atom is 0.335 e. The summed E-state index contributed by atoms with van der Waals surface area (Å²) >= 11 is 4.35. The lowest BCUT2D eigenvalue weighted by Crippen LogP contribution is -2.16. The molecule has 184 valence electrons. The fourth-order valence-corrected chi connectivity index (χ4v) is 5.43. The van der Waals surface area contributed by atoms with Crippen molar-refractivity contribution in [3.05, 3.63) is 90.3 Å². The van der Waals surface area contributed by atoms with Crippen molar-refractivity contribution < 1.29 is 28.6 Å². The number of fused-ring (bicyclic) bond motifs is 1. The second kappa shape index (κ2) is 11.7. The third-order valence-corrected chi connectivity index (χ3v) is 6.61. The molecule has 8 nitrogen and oxygen atoms in total. The van der Waals surface area contributed by atoms with Crippen molar-refractivity contribution in [2.45, 2.75) is 13.5 Å². The Morgan fingerprint density at radius 3 is 2.42 bits per heavy atom. The number of carbonyl (C=O) groups excluding carboxylic acids is 1. The number of ether oxygens (including phenoxy) is 2. The van der Waals surface area contributed by atoms with Crippen molar-refractivity contribution in [2.75, 3.05) is 6.61 Å². The number of carbonyl (C=O) groups is 2. The quantitative estimate of drug-likeness (QED) is 0.124. The number of rotatable bonds is 9. The van der Waals surface area contributed by atoms with E-state index in [9.17, 15) is 9.59 Å². The van der Waals surface area contributed by atoms with Crippen LogP contribution in [0.15, 0.2) is 70.2 Å². The monoisotopic (exact) mass is 710 g/mol. The van der Waals surface area contributed by atoms with Crippen molar-refractivity contribution in [2.24, 2.45) is 5.10 Å². The van der Waals surface area contributed by atoms with E-state index >= 15 is 0 Å². The molecule has 0 aliphatic heterocycles. The summed E-state index contributed by atoms with van der Waals surface area (Å²) < 4.78 is 18.8. The molecule has 1 aromatic heterocycles. The first-order valence-electron chi connectivity index (χ1n) is 10.8. The average molecular weight is 710 g/mol. The predicted octanol–water partition coefficient (Wildman–Crippen LogP) is 6.08. The number of hydrogen-bond acceptors (Lipinski definition) is 6. The van der Waals surface area contributed by atoms with E-state index in [1.165, 1.54) is 0 Å². The van der Waals surface area contributed by atoms with Gasteiger partial charge in [0.05, 0.1) is 25.5 Å². The van der Waals surface area contributed by atoms with Gasteiger partial charge in [-0.05, 0) is 112 Å². The molecule has 0 spiro atoms. The summed E-state index contributed by atoms with van der Waals surface area (Å²) in [5.41, 5.74) is 4.95. The first-order chi connectivity index (χ1) is 17.3. The number of nitrogens with zero attached hydrogens (tertiary/aromatic N) is 1. The van der Waals surface area contributed by atoms with Gasteiger partial charge in [-0.2, -0.15) is 5.10 Å². The highest BCUT2D eigenvalue weighted by Gasteiger charge is 2.13. The molecule has 0 bridgehead atoms. The van der Waals surface area contributed by atoms with Gasteiger partial charge in [-0.1, -0.05) is 12.1 Å². The summed E-state index contributed by atoms with van der Waals surface area (Å²) in [4.78, 5) is 23.5. The highest BCUT2D eigenvalue weighted by atomic mass is 127. The number of halogens is 2. The zero-order valence-electron chi connectivity index (χ0n) is 19.0. The Labute approximate surface area is 233 Å². The van der Waals surface area contributed by atoms with Crippen LogP contribution < -0.4 is 14.9 Å². The second-order valence-corrected chi connectivity index (χ2v) is 9.87. The molecule has 0 saturated heterocycles. The van der Waals surface area contributed by atoms with Crippen LogP contribution in [-0.2, 0) is 6.61 Å². The lowest BCUT2D eigenvalue weighted by Gasteiger charge is -2.11. The summed E-state index contributed by atoms with van der Waals surface area (Å²) in [6.07, 6.45) is 1.55. The molecule has 0 radical (unpaired) electrons. The number of nitrogens with one attached hydrogen (secondary N) is 1. The first kappa shape index (κ1) is 25.9. The van der Waals surface area contributed by atoms with Crippen LogP contribution >= 0.6 is 45.2 Å². The van der Waals surface area contributed by atoms with Crippen LogP contribution in [0.3, 0.4) is 0 Å². The third kappa shape index (κ3) is 6.35. The maximum absolute atomic E-state index is 12.5. The summed E-state index contributed by atoms with van der Waals surface area (Å²) in [5.74, 6) is 0.157. The Balaban J connectivity index is 1.38. The molecule has 1 amide bonds. The highest BCUT2D eigenvalue weighted by molar-refractivity contribution is 14.1. The molecule has 1 heterocycles. The zero-order valence-corrected chi connectivity index (χ0v) is 23.3. The SMILES string of the molecule is CCOc1ccc2oc(C(=O)N/N=C/c3cc(I)c(OCc4ccc(C(=O)O)cc4)c(I)c3)cc2c1. The van der Waals surface area contributed by atoms with Gasteiger partial charge >= 0.3 is 11.9 Å². The van der Waals surface area contributed by atoms with Crippen molar-refractivity contribution in [3.8, 4) is 11.5 Å². The Hall–Kier alpha value is -3.13. The number of aromatic carboxylic acids is 1. The topological polar surface area (TPSA) is 110 Å². The predicted molar refractivity (Wildman–Crippen MR) is 152 cm³/mol. The number of furan rings is 1. The lowest BCUT2D eigenvalue weighted by molar-refractivity contribution is 0.0696. The standard InChI is InChI=1S/C26H20I2N2O6/c1-2-34-19-7-8-22-18(11-19)12-23(36-22)25(31)30-29-13-16-9-20(27)24(21(28)10-16)35-14-15-3-5-17(6-4-15)26(32)33/h3-13H,2,14H2,1H3,(H,30,31)(H,32,33)/b29-13+. The van der Waals surface area contributed by atoms with E-state index < -0.39 is 11.9 Å². The van der Waals surface area contributed by atoms with Crippen molar-refractivity contribution >= 4 is 74.2 Å². The van der Waals surface area contributed by atoms with Crippen LogP contribution in [0.2, 0.25) is 0 Å². The fraction of sp³-hybridized carbons (Fsp3) is 0.115. The fourth-order valence-electron chi connectivity index (χ4n) is 3.30. The minimum atomic E-state index is -0.964. The molecule has 0 atom stereocenters. The van der Waals surface area contributed by atoms with E-state index in [4.69, 9.17) is 19.0 Å². The first-order valence-corrected chi connectivity index (χ1v) is 12.9. The van der Waals surface area contributed by atoms with E-state index in [2.05, 4.69) is 55.7 Å². The van der Waals surface area contributed by atoms with Gasteiger partial charge in [-0.25, -0.2) is 10.2 Å². The smallest absolute Gasteiger partial charge is 0.335 e. The molecule has 4 aromatic rings. The largest absolute Gasteiger partial charge is 0.494 e. The lowest BCUT2D eigenvalue weighted by atomic mass is 10.1. The van der Waals surface area contributed by atoms with Crippen molar-refractivity contribution in [1.29, 1.82) is 0 Å². The van der Waals surface area contributed by atoms with Gasteiger partial charge in [-0.3, -0.25) is 4.79 Å². The number of hydrazone groups is 1. The molecule has 3 aromatic carbocycles. The molecule has 0 saturated carbocycles. The molecular formula is C26H20I2N2O6. The van der Waals surface area contributed by atoms with Gasteiger partial charge < -0.3 is 19.0 Å². The molecule has 36 heavy (non-hydrogen) atoms. The van der Waals surface area contributed by atoms with E-state index in [0.29, 0.717) is 30.3 Å². The zero-order chi connectivity index (χ0) is 25.7. The van der Waals surface area contributed by atoms with Crippen LogP contribution in [-0.4, -0.2) is 29.8 Å². The maximum atomic E-state index is 12.5. The summed E-state index contributed by atoms with van der Waals surface area (Å²) in [5, 5.41) is 13.8. The summed E-state index contributed by atoms with van der Waals surface area (Å²) in [6.45, 7) is 2.76. The van der Waals surface area contributed by atoms with E-state index in [0.717, 1.165) is 23.7 Å². The molecule has 0 aliphatic rings. The van der Waals surface area contributed by atoms with Crippen LogP contribution in [0.1, 0.15) is 39.0 Å². The number of benzene rings is 3. The number of carboxylic acids is 1. The van der Waals surface area contributed by atoms with Crippen LogP contribution in [0.25, 0.3) is 11.0 Å². The molecular weight excluding hydrogens is 690 g/mol. The summed E-state index contributed by atoms with van der Waals surface area (Å²) in [6, 6.07) is 17.4. The Kier molecular flexibility index (Phi) is 8.46. The average Bonchev–Trinajstić information content (AvgIpc) is 3.28. The van der Waals surface area contributed by atoms with E-state index in [1.54, 1.807) is 48.7 Å². The minimum Gasteiger partial charge on any atom is -0.494 e. The molecule has 0 unspecified atom stereocenters. The van der Waals surface area contributed by atoms with E-state index in [-0.39, 0.29) is 11.3 Å². The molecule has 4 rings (SSSR count). The normalized spacial score (nSPS) is 11.1. The Morgan fingerprint density at radius 2 is 1.75 bits per heavy atom. The molecule has 2 N–H and O–H groups in total. The third-order valence-electron chi connectivity index (χ3n) is 5.01. The van der Waals surface area contributed by atoms with Gasteiger partial charge in [0.25, 0.3) is 0 Å². The van der Waals surface area contributed by atoms with Crippen LogP contribution in [0, 0.1) is 7.14 Å². The van der Waals surface area contributed by atoms with Gasteiger partial charge in [0, 0.05) is 5.39 Å². The second-order valence-electron chi connectivity index (χ2n) is 7.55. The van der Waals surface area contributed by atoms with Crippen LogP contribution in [0.4, 0.5) is 0 Å². The van der Waals surface area contributed by atoms with E-state index in [1.807, 2.05) is 25.1 Å². The Bertz CT molecular complexity index is 1420. The minimum absolute atomic E-state index is 0.153. The molecule has 10 heteroatoms. The van der Waals surface area contributed by atoms with Crippen LogP contribution in [0.5, 0.6) is 11.5 Å². The van der Waals surface area contributed by atoms with Crippen molar-refractivity contribution in [3.63, 3.8) is 0 Å². The van der Waals surface area contributed by atoms with Gasteiger partial charge in [0.15, 0.2) is 5.76 Å². The number of carboxylic acid groups (broad SMARTS) is 1. The van der Waals surface area contributed by atoms with Gasteiger partial charge in [0.1, 0.15) is 23.7 Å². The highest BCUT2D eigenvalue weighted by Crippen LogP contribution is 2.29. The van der Waals surface area contributed by atoms with Gasteiger partial charge in [0.2, 0.25) is 0 Å². The number of hydrogen-bond donors (Lipinski definition) is 2. The number of amides is 1. The summed E-state index contributed by atoms with van der Waals surface area (Å²) in [7, 11) is 0. The van der Waals surface area contributed by atoms with Crippen molar-refractivity contribution in [1.82, 2.24) is 5.43 Å². The molecule has 0 fully saturated rings. The Morgan fingerprint density at radius 1 is 1.03 bits per heavy atom. The van der Waals surface area contributed by atoms with Gasteiger partial charge in [-0.15, -0.1) is 0 Å².